The molecule has 3 heteroatoms. The summed E-state index contributed by atoms with van der Waals surface area (Å²) in [5.74, 6) is 2.30. The number of hydrogen-bond donors (Lipinski definition) is 0. The second kappa shape index (κ2) is 14.1. The van der Waals surface area contributed by atoms with Gasteiger partial charge < -0.3 is 14.4 Å². The molecule has 0 fully saturated rings. The normalized spacial score (nSPS) is 11.9. The molecule has 38 heavy (non-hydrogen) atoms. The molecule has 0 heterocycles. The number of hydrogen-bond acceptors (Lipinski definition) is 3. The van der Waals surface area contributed by atoms with E-state index in [2.05, 4.69) is 104 Å². The molecule has 0 radical (unpaired) electrons. The first-order chi connectivity index (χ1) is 18.7. The van der Waals surface area contributed by atoms with Crippen molar-refractivity contribution in [3.8, 4) is 11.5 Å². The van der Waals surface area contributed by atoms with Crippen LogP contribution in [0, 0.1) is 5.92 Å². The predicted molar refractivity (Wildman–Crippen MR) is 162 cm³/mol. The first kappa shape index (κ1) is 27.1. The van der Waals surface area contributed by atoms with Gasteiger partial charge in [0.15, 0.2) is 0 Å². The summed E-state index contributed by atoms with van der Waals surface area (Å²) in [5.41, 5.74) is 5.52. The number of benzene rings is 4. The second-order valence-electron chi connectivity index (χ2n) is 9.56. The van der Waals surface area contributed by atoms with Crippen LogP contribution in [0.25, 0.3) is 12.2 Å². The molecule has 1 unspecified atom stereocenters. The maximum absolute atomic E-state index is 6.31. The number of methoxy groups -OCH3 is 1. The van der Waals surface area contributed by atoms with Gasteiger partial charge in [-0.3, -0.25) is 0 Å². The third kappa shape index (κ3) is 7.29. The van der Waals surface area contributed by atoms with E-state index in [9.17, 15) is 0 Å². The molecule has 1 atom stereocenters. The highest BCUT2D eigenvalue weighted by Crippen LogP contribution is 2.34. The summed E-state index contributed by atoms with van der Waals surface area (Å²) in [7, 11) is 1.70. The van der Waals surface area contributed by atoms with E-state index in [1.165, 1.54) is 19.3 Å². The van der Waals surface area contributed by atoms with E-state index in [1.54, 1.807) is 7.11 Å². The average molecular weight is 506 g/mol. The molecule has 0 aromatic heterocycles. The molecule has 0 saturated heterocycles. The van der Waals surface area contributed by atoms with Crippen LogP contribution < -0.4 is 14.4 Å². The predicted octanol–water partition coefficient (Wildman–Crippen LogP) is 9.93. The standard InChI is InChI=1S/C35H39NO2/c1-4-6-13-28(5-2)27-38-35-25-24-34(37-3)26-30(35)21-18-29-19-22-33(23-20-29)36(31-14-9-7-10-15-31)32-16-11-8-12-17-32/h7-12,14-26,28H,4-6,13,27H2,1-3H3. The molecule has 0 spiro atoms. The van der Waals surface area contributed by atoms with Crippen molar-refractivity contribution in [2.45, 2.75) is 39.5 Å². The van der Waals surface area contributed by atoms with Crippen LogP contribution in [0.15, 0.2) is 103 Å². The van der Waals surface area contributed by atoms with E-state index in [-0.39, 0.29) is 0 Å². The zero-order valence-corrected chi connectivity index (χ0v) is 22.8. The minimum Gasteiger partial charge on any atom is -0.497 e. The summed E-state index contributed by atoms with van der Waals surface area (Å²) < 4.78 is 11.8. The Morgan fingerprint density at radius 1 is 0.737 bits per heavy atom. The van der Waals surface area contributed by atoms with Crippen molar-refractivity contribution in [1.82, 2.24) is 0 Å². The largest absolute Gasteiger partial charge is 0.497 e. The molecular formula is C35H39NO2. The molecule has 0 aliphatic heterocycles. The van der Waals surface area contributed by atoms with Crippen molar-refractivity contribution in [2.75, 3.05) is 18.6 Å². The van der Waals surface area contributed by atoms with Crippen molar-refractivity contribution >= 4 is 29.2 Å². The summed E-state index contributed by atoms with van der Waals surface area (Å²) in [6, 6.07) is 35.6. The Balaban J connectivity index is 1.54. The van der Waals surface area contributed by atoms with Gasteiger partial charge in [-0.1, -0.05) is 93.8 Å². The molecule has 0 amide bonds. The third-order valence-electron chi connectivity index (χ3n) is 6.87. The summed E-state index contributed by atoms with van der Waals surface area (Å²) in [6.07, 6.45) is 9.07. The molecule has 3 nitrogen and oxygen atoms in total. The van der Waals surface area contributed by atoms with Gasteiger partial charge in [0.05, 0.1) is 13.7 Å². The molecule has 4 rings (SSSR count). The summed E-state index contributed by atoms with van der Waals surface area (Å²) in [4.78, 5) is 2.27. The van der Waals surface area contributed by atoms with E-state index >= 15 is 0 Å². The van der Waals surface area contributed by atoms with Crippen LogP contribution in [0.4, 0.5) is 17.1 Å². The van der Waals surface area contributed by atoms with Gasteiger partial charge in [-0.25, -0.2) is 0 Å². The zero-order valence-electron chi connectivity index (χ0n) is 22.8. The highest BCUT2D eigenvalue weighted by molar-refractivity contribution is 5.78. The lowest BCUT2D eigenvalue weighted by molar-refractivity contribution is 0.232. The topological polar surface area (TPSA) is 21.7 Å². The lowest BCUT2D eigenvalue weighted by atomic mass is 10.0. The van der Waals surface area contributed by atoms with Crippen LogP contribution in [0.1, 0.15) is 50.7 Å². The molecule has 196 valence electrons. The average Bonchev–Trinajstić information content (AvgIpc) is 2.98. The molecule has 0 saturated carbocycles. The van der Waals surface area contributed by atoms with Crippen LogP contribution in [-0.2, 0) is 0 Å². The fourth-order valence-electron chi connectivity index (χ4n) is 4.54. The Hall–Kier alpha value is -3.98. The lowest BCUT2D eigenvalue weighted by Gasteiger charge is -2.25. The molecule has 4 aromatic carbocycles. The minimum absolute atomic E-state index is 0.582. The van der Waals surface area contributed by atoms with E-state index in [0.29, 0.717) is 5.92 Å². The maximum Gasteiger partial charge on any atom is 0.126 e. The fourth-order valence-corrected chi connectivity index (χ4v) is 4.54. The van der Waals surface area contributed by atoms with Crippen LogP contribution in [0.5, 0.6) is 11.5 Å². The lowest BCUT2D eigenvalue weighted by Crippen LogP contribution is -2.11. The van der Waals surface area contributed by atoms with Crippen LogP contribution in [0.2, 0.25) is 0 Å². The van der Waals surface area contributed by atoms with Crippen molar-refractivity contribution < 1.29 is 9.47 Å². The second-order valence-corrected chi connectivity index (χ2v) is 9.56. The fraction of sp³-hybridized carbons (Fsp3) is 0.257. The third-order valence-corrected chi connectivity index (χ3v) is 6.87. The van der Waals surface area contributed by atoms with E-state index in [0.717, 1.165) is 52.7 Å². The zero-order chi connectivity index (χ0) is 26.6. The Kier molecular flexibility index (Phi) is 10.0. The number of rotatable bonds is 13. The molecule has 0 bridgehead atoms. The summed E-state index contributed by atoms with van der Waals surface area (Å²) in [6.45, 7) is 5.24. The quantitative estimate of drug-likeness (QED) is 0.169. The van der Waals surface area contributed by atoms with Crippen molar-refractivity contribution in [2.24, 2.45) is 5.92 Å². The number of nitrogens with zero attached hydrogens (tertiary/aromatic N) is 1. The molecule has 0 aliphatic rings. The Morgan fingerprint density at radius 2 is 1.37 bits per heavy atom. The van der Waals surface area contributed by atoms with Crippen molar-refractivity contribution in [1.29, 1.82) is 0 Å². The number of unbranched alkanes of at least 4 members (excludes halogenated alkanes) is 1. The van der Waals surface area contributed by atoms with Gasteiger partial charge in [-0.05, 0) is 72.5 Å². The van der Waals surface area contributed by atoms with Crippen molar-refractivity contribution in [3.63, 3.8) is 0 Å². The van der Waals surface area contributed by atoms with Crippen LogP contribution >= 0.6 is 0 Å². The smallest absolute Gasteiger partial charge is 0.126 e. The molecule has 0 N–H and O–H groups in total. The summed E-state index contributed by atoms with van der Waals surface area (Å²) in [5, 5.41) is 0. The van der Waals surface area contributed by atoms with E-state index in [4.69, 9.17) is 9.47 Å². The number of ether oxygens (including phenoxy) is 2. The Bertz CT molecular complexity index is 1230. The SMILES string of the molecule is CCCCC(CC)COc1ccc(OC)cc1C=Cc1ccc(N(c2ccccc2)c2ccccc2)cc1. The first-order valence-electron chi connectivity index (χ1n) is 13.7. The first-order valence-corrected chi connectivity index (χ1v) is 13.7. The van der Waals surface area contributed by atoms with Gasteiger partial charge in [0.2, 0.25) is 0 Å². The number of para-hydroxylation sites is 2. The van der Waals surface area contributed by atoms with Crippen LogP contribution in [-0.4, -0.2) is 13.7 Å². The highest BCUT2D eigenvalue weighted by atomic mass is 16.5. The number of anilines is 3. The Labute approximate surface area is 228 Å². The van der Waals surface area contributed by atoms with Gasteiger partial charge in [0.1, 0.15) is 11.5 Å². The van der Waals surface area contributed by atoms with E-state index in [1.807, 2.05) is 30.3 Å². The Morgan fingerprint density at radius 3 is 1.95 bits per heavy atom. The minimum atomic E-state index is 0.582. The maximum atomic E-state index is 6.31. The van der Waals surface area contributed by atoms with Gasteiger partial charge in [0, 0.05) is 22.6 Å². The van der Waals surface area contributed by atoms with Crippen molar-refractivity contribution in [3.05, 3.63) is 114 Å². The van der Waals surface area contributed by atoms with Crippen LogP contribution in [0.3, 0.4) is 0 Å². The van der Waals surface area contributed by atoms with Gasteiger partial charge in [0.25, 0.3) is 0 Å². The summed E-state index contributed by atoms with van der Waals surface area (Å²) >= 11 is 0. The van der Waals surface area contributed by atoms with Gasteiger partial charge >= 0.3 is 0 Å². The monoisotopic (exact) mass is 505 g/mol. The van der Waals surface area contributed by atoms with Gasteiger partial charge in [-0.15, -0.1) is 0 Å². The molecule has 4 aromatic rings. The van der Waals surface area contributed by atoms with E-state index < -0.39 is 0 Å². The molecule has 0 aliphatic carbocycles. The van der Waals surface area contributed by atoms with Gasteiger partial charge in [-0.2, -0.15) is 0 Å². The molecular weight excluding hydrogens is 466 g/mol. The highest BCUT2D eigenvalue weighted by Gasteiger charge is 2.12.